The van der Waals surface area contributed by atoms with Crippen molar-refractivity contribution in [2.75, 3.05) is 5.75 Å². The van der Waals surface area contributed by atoms with Crippen LogP contribution < -0.4 is 0 Å². The lowest BCUT2D eigenvalue weighted by molar-refractivity contribution is -0.141. The molecule has 0 aliphatic heterocycles. The molecule has 0 saturated heterocycles. The molecule has 2 heterocycles. The molecule has 0 aliphatic rings. The van der Waals surface area contributed by atoms with E-state index in [1.165, 1.54) is 11.3 Å². The summed E-state index contributed by atoms with van der Waals surface area (Å²) in [6, 6.07) is 13.2. The van der Waals surface area contributed by atoms with Crippen molar-refractivity contribution < 1.29 is 18.0 Å². The highest BCUT2D eigenvalue weighted by molar-refractivity contribution is 7.99. The number of alkyl halides is 3. The van der Waals surface area contributed by atoms with Crippen LogP contribution in [0.4, 0.5) is 13.2 Å². The van der Waals surface area contributed by atoms with Crippen LogP contribution in [0, 0.1) is 0 Å². The van der Waals surface area contributed by atoms with E-state index < -0.39 is 11.9 Å². The second kappa shape index (κ2) is 8.01. The van der Waals surface area contributed by atoms with E-state index in [1.807, 2.05) is 6.07 Å². The number of nitrogens with zero attached hydrogens (tertiary/aromatic N) is 2. The summed E-state index contributed by atoms with van der Waals surface area (Å²) in [6.07, 6.45) is -4.35. The van der Waals surface area contributed by atoms with Gasteiger partial charge in [0.2, 0.25) is 0 Å². The standard InChI is InChI=1S/C18H13F3N2OS2/c19-18(20,21)16-11-13(15-7-4-9-25-15)22-17(23-16)26-10-8-14(24)12-5-2-1-3-6-12/h1-7,9,11H,8,10H2. The van der Waals surface area contributed by atoms with Crippen LogP contribution in [0.25, 0.3) is 10.6 Å². The molecule has 3 rings (SSSR count). The van der Waals surface area contributed by atoms with Crippen LogP contribution >= 0.6 is 23.1 Å². The number of thiophene rings is 1. The molecule has 26 heavy (non-hydrogen) atoms. The minimum Gasteiger partial charge on any atom is -0.294 e. The first kappa shape index (κ1) is 18.6. The Balaban J connectivity index is 1.74. The van der Waals surface area contributed by atoms with Gasteiger partial charge < -0.3 is 0 Å². The van der Waals surface area contributed by atoms with E-state index in [0.717, 1.165) is 17.8 Å². The first-order chi connectivity index (χ1) is 12.4. The SMILES string of the molecule is O=C(CCSc1nc(-c2cccs2)cc(C(F)(F)F)n1)c1ccccc1. The van der Waals surface area contributed by atoms with Crippen molar-refractivity contribution >= 4 is 28.9 Å². The normalized spacial score (nSPS) is 11.5. The van der Waals surface area contributed by atoms with E-state index in [-0.39, 0.29) is 23.1 Å². The molecule has 0 N–H and O–H groups in total. The van der Waals surface area contributed by atoms with Gasteiger partial charge in [0.05, 0.1) is 10.6 Å². The zero-order valence-electron chi connectivity index (χ0n) is 13.4. The smallest absolute Gasteiger partial charge is 0.294 e. The molecule has 0 saturated carbocycles. The summed E-state index contributed by atoms with van der Waals surface area (Å²) in [5, 5.41) is 1.79. The molecule has 134 valence electrons. The van der Waals surface area contributed by atoms with Crippen molar-refractivity contribution in [2.45, 2.75) is 17.8 Å². The third-order valence-corrected chi connectivity index (χ3v) is 5.17. The second-order valence-corrected chi connectivity index (χ2v) is 7.29. The Kier molecular flexibility index (Phi) is 5.73. The van der Waals surface area contributed by atoms with Crippen molar-refractivity contribution in [2.24, 2.45) is 0 Å². The fourth-order valence-corrected chi connectivity index (χ4v) is 3.67. The quantitative estimate of drug-likeness (QED) is 0.311. The molecule has 0 bridgehead atoms. The van der Waals surface area contributed by atoms with Gasteiger partial charge >= 0.3 is 6.18 Å². The Labute approximate surface area is 156 Å². The number of ketones is 1. The number of thioether (sulfide) groups is 1. The zero-order chi connectivity index (χ0) is 18.6. The minimum absolute atomic E-state index is 0.0177. The number of aromatic nitrogens is 2. The molecule has 0 radical (unpaired) electrons. The van der Waals surface area contributed by atoms with E-state index in [1.54, 1.807) is 41.8 Å². The van der Waals surface area contributed by atoms with Crippen molar-refractivity contribution in [1.29, 1.82) is 0 Å². The molecule has 0 aliphatic carbocycles. The van der Waals surface area contributed by atoms with Crippen molar-refractivity contribution in [1.82, 2.24) is 9.97 Å². The van der Waals surface area contributed by atoms with Crippen LogP contribution in [0.1, 0.15) is 22.5 Å². The van der Waals surface area contributed by atoms with Crippen LogP contribution in [0.2, 0.25) is 0 Å². The molecule has 0 unspecified atom stereocenters. The lowest BCUT2D eigenvalue weighted by atomic mass is 10.1. The second-order valence-electron chi connectivity index (χ2n) is 5.28. The van der Waals surface area contributed by atoms with Gasteiger partial charge in [0, 0.05) is 17.7 Å². The Morgan fingerprint density at radius 3 is 2.50 bits per heavy atom. The van der Waals surface area contributed by atoms with Crippen LogP contribution in [-0.2, 0) is 6.18 Å². The average molecular weight is 394 g/mol. The summed E-state index contributed by atoms with van der Waals surface area (Å²) in [5.74, 6) is 0.238. The maximum absolute atomic E-state index is 13.1. The van der Waals surface area contributed by atoms with Gasteiger partial charge in [-0.2, -0.15) is 13.2 Å². The number of benzene rings is 1. The molecule has 3 nitrogen and oxygen atoms in total. The Morgan fingerprint density at radius 1 is 1.08 bits per heavy atom. The van der Waals surface area contributed by atoms with E-state index >= 15 is 0 Å². The summed E-state index contributed by atoms with van der Waals surface area (Å²) < 4.78 is 39.3. The van der Waals surface area contributed by atoms with Gasteiger partial charge in [0.25, 0.3) is 0 Å². The highest BCUT2D eigenvalue weighted by Gasteiger charge is 2.34. The molecule has 0 fully saturated rings. The van der Waals surface area contributed by atoms with Gasteiger partial charge in [-0.05, 0) is 17.5 Å². The lowest BCUT2D eigenvalue weighted by Crippen LogP contribution is -2.10. The predicted octanol–water partition coefficient (Wildman–Crippen LogP) is 5.59. The highest BCUT2D eigenvalue weighted by atomic mass is 32.2. The molecule has 3 aromatic rings. The third kappa shape index (κ3) is 4.70. The minimum atomic E-state index is -4.55. The predicted molar refractivity (Wildman–Crippen MR) is 96.5 cm³/mol. The molecule has 0 atom stereocenters. The average Bonchev–Trinajstić information content (AvgIpc) is 3.16. The summed E-state index contributed by atoms with van der Waals surface area (Å²) in [6.45, 7) is 0. The number of hydrogen-bond donors (Lipinski definition) is 0. The van der Waals surface area contributed by atoms with Crippen LogP contribution in [-0.4, -0.2) is 21.5 Å². The maximum Gasteiger partial charge on any atom is 0.433 e. The van der Waals surface area contributed by atoms with Gasteiger partial charge in [-0.25, -0.2) is 9.97 Å². The number of halogens is 3. The van der Waals surface area contributed by atoms with Gasteiger partial charge in [0.1, 0.15) is 5.69 Å². The summed E-state index contributed by atoms with van der Waals surface area (Å²) in [5.41, 5.74) is -0.163. The fraction of sp³-hybridized carbons (Fsp3) is 0.167. The maximum atomic E-state index is 13.1. The molecule has 2 aromatic heterocycles. The van der Waals surface area contributed by atoms with Gasteiger partial charge in [-0.15, -0.1) is 11.3 Å². The Hall–Kier alpha value is -2.19. The molecule has 8 heteroatoms. The topological polar surface area (TPSA) is 42.9 Å². The van der Waals surface area contributed by atoms with Crippen LogP contribution in [0.5, 0.6) is 0 Å². The summed E-state index contributed by atoms with van der Waals surface area (Å²) in [4.78, 5) is 20.5. The van der Waals surface area contributed by atoms with E-state index in [0.29, 0.717) is 16.2 Å². The molecular weight excluding hydrogens is 381 g/mol. The zero-order valence-corrected chi connectivity index (χ0v) is 15.0. The number of carbonyl (C=O) groups is 1. The molecule has 0 amide bonds. The number of carbonyl (C=O) groups excluding carboxylic acids is 1. The number of hydrogen-bond acceptors (Lipinski definition) is 5. The van der Waals surface area contributed by atoms with Gasteiger partial charge in [-0.1, -0.05) is 48.2 Å². The van der Waals surface area contributed by atoms with E-state index in [9.17, 15) is 18.0 Å². The third-order valence-electron chi connectivity index (χ3n) is 3.43. The highest BCUT2D eigenvalue weighted by Crippen LogP contribution is 2.33. The fourth-order valence-electron chi connectivity index (χ4n) is 2.19. The largest absolute Gasteiger partial charge is 0.433 e. The van der Waals surface area contributed by atoms with Crippen molar-refractivity contribution in [3.63, 3.8) is 0 Å². The lowest BCUT2D eigenvalue weighted by Gasteiger charge is -2.09. The Morgan fingerprint density at radius 2 is 1.85 bits per heavy atom. The van der Waals surface area contributed by atoms with Crippen molar-refractivity contribution in [3.8, 4) is 10.6 Å². The van der Waals surface area contributed by atoms with Crippen LogP contribution in [0.3, 0.4) is 0 Å². The monoisotopic (exact) mass is 394 g/mol. The summed E-state index contributed by atoms with van der Waals surface area (Å²) in [7, 11) is 0. The summed E-state index contributed by atoms with van der Waals surface area (Å²) >= 11 is 2.36. The number of Topliss-reactive ketones (excluding diaryl/α,β-unsaturated/α-hetero) is 1. The van der Waals surface area contributed by atoms with Crippen molar-refractivity contribution in [3.05, 3.63) is 65.2 Å². The molecular formula is C18H13F3N2OS2. The first-order valence-corrected chi connectivity index (χ1v) is 9.51. The first-order valence-electron chi connectivity index (χ1n) is 7.65. The molecule has 0 spiro atoms. The van der Waals surface area contributed by atoms with Crippen LogP contribution in [0.15, 0.2) is 59.1 Å². The Bertz CT molecular complexity index is 881. The molecule has 1 aromatic carbocycles. The van der Waals surface area contributed by atoms with E-state index in [2.05, 4.69) is 9.97 Å². The van der Waals surface area contributed by atoms with Gasteiger partial charge in [0.15, 0.2) is 10.9 Å². The van der Waals surface area contributed by atoms with Gasteiger partial charge in [-0.3, -0.25) is 4.79 Å². The number of rotatable bonds is 6. The van der Waals surface area contributed by atoms with E-state index in [4.69, 9.17) is 0 Å².